The fourth-order valence-electron chi connectivity index (χ4n) is 1.75. The van der Waals surface area contributed by atoms with Crippen LogP contribution in [0.25, 0.3) is 0 Å². The first-order valence-corrected chi connectivity index (χ1v) is 6.83. The summed E-state index contributed by atoms with van der Waals surface area (Å²) in [5.41, 5.74) is 1.26. The molecule has 0 fully saturated rings. The van der Waals surface area contributed by atoms with Gasteiger partial charge >= 0.3 is 0 Å². The fourth-order valence-corrected chi connectivity index (χ4v) is 1.75. The van der Waals surface area contributed by atoms with E-state index in [9.17, 15) is 0 Å². The van der Waals surface area contributed by atoms with E-state index in [-0.39, 0.29) is 5.54 Å². The van der Waals surface area contributed by atoms with Crippen molar-refractivity contribution >= 4 is 0 Å². The zero-order valence-electron chi connectivity index (χ0n) is 12.3. The number of para-hydroxylation sites is 1. The number of nitrogens with zero attached hydrogens (tertiary/aromatic N) is 3. The SMILES string of the molecule is CC(C)(C)NCc1ccccc1OCCn1cncn1. The van der Waals surface area contributed by atoms with E-state index in [1.54, 1.807) is 11.0 Å². The zero-order valence-corrected chi connectivity index (χ0v) is 12.3. The van der Waals surface area contributed by atoms with E-state index in [1.807, 2.05) is 18.2 Å². The first-order chi connectivity index (χ1) is 9.54. The van der Waals surface area contributed by atoms with Gasteiger partial charge in [0.05, 0.1) is 6.54 Å². The Morgan fingerprint density at radius 2 is 2.05 bits per heavy atom. The smallest absolute Gasteiger partial charge is 0.137 e. The fraction of sp³-hybridized carbons (Fsp3) is 0.467. The molecule has 0 amide bonds. The van der Waals surface area contributed by atoms with Crippen molar-refractivity contribution in [3.63, 3.8) is 0 Å². The quantitative estimate of drug-likeness (QED) is 0.877. The number of nitrogens with one attached hydrogen (secondary N) is 1. The predicted molar refractivity (Wildman–Crippen MR) is 78.6 cm³/mol. The number of ether oxygens (including phenoxy) is 1. The summed E-state index contributed by atoms with van der Waals surface area (Å²) in [6.07, 6.45) is 3.22. The largest absolute Gasteiger partial charge is 0.491 e. The lowest BCUT2D eigenvalue weighted by atomic mass is 10.1. The van der Waals surface area contributed by atoms with Gasteiger partial charge in [0.2, 0.25) is 0 Å². The molecule has 1 aromatic carbocycles. The maximum Gasteiger partial charge on any atom is 0.137 e. The predicted octanol–water partition coefficient (Wildman–Crippen LogP) is 2.25. The van der Waals surface area contributed by atoms with Crippen LogP contribution in [-0.2, 0) is 13.1 Å². The first kappa shape index (κ1) is 14.5. The molecule has 0 aliphatic rings. The van der Waals surface area contributed by atoms with Gasteiger partial charge in [0.15, 0.2) is 0 Å². The van der Waals surface area contributed by atoms with E-state index >= 15 is 0 Å². The summed E-state index contributed by atoms with van der Waals surface area (Å²) in [6.45, 7) is 8.53. The normalized spacial score (nSPS) is 11.6. The minimum absolute atomic E-state index is 0.0911. The molecule has 2 rings (SSSR count). The molecular formula is C15H22N4O. The van der Waals surface area contributed by atoms with Crippen LogP contribution in [0, 0.1) is 0 Å². The second-order valence-corrected chi connectivity index (χ2v) is 5.72. The molecule has 1 N–H and O–H groups in total. The summed E-state index contributed by atoms with van der Waals surface area (Å²) in [4.78, 5) is 3.91. The lowest BCUT2D eigenvalue weighted by molar-refractivity contribution is 0.286. The third-order valence-corrected chi connectivity index (χ3v) is 2.83. The summed E-state index contributed by atoms with van der Waals surface area (Å²) in [6, 6.07) is 8.11. The summed E-state index contributed by atoms with van der Waals surface area (Å²) >= 11 is 0. The number of hydrogen-bond acceptors (Lipinski definition) is 4. The van der Waals surface area contributed by atoms with E-state index in [0.29, 0.717) is 13.2 Å². The first-order valence-electron chi connectivity index (χ1n) is 6.83. The van der Waals surface area contributed by atoms with E-state index < -0.39 is 0 Å². The molecule has 1 aromatic heterocycles. The molecule has 20 heavy (non-hydrogen) atoms. The molecule has 0 unspecified atom stereocenters. The highest BCUT2D eigenvalue weighted by Gasteiger charge is 2.10. The Balaban J connectivity index is 1.90. The Morgan fingerprint density at radius 1 is 1.25 bits per heavy atom. The molecule has 0 bridgehead atoms. The van der Waals surface area contributed by atoms with Gasteiger partial charge in [-0.25, -0.2) is 9.67 Å². The number of rotatable bonds is 6. The minimum Gasteiger partial charge on any atom is -0.491 e. The van der Waals surface area contributed by atoms with E-state index in [4.69, 9.17) is 4.74 Å². The van der Waals surface area contributed by atoms with Crippen LogP contribution in [0.4, 0.5) is 0 Å². The van der Waals surface area contributed by atoms with Gasteiger partial charge in [-0.1, -0.05) is 18.2 Å². The molecule has 0 saturated heterocycles. The monoisotopic (exact) mass is 274 g/mol. The van der Waals surface area contributed by atoms with Crippen LogP contribution in [0.3, 0.4) is 0 Å². The van der Waals surface area contributed by atoms with Crippen LogP contribution in [0.1, 0.15) is 26.3 Å². The lowest BCUT2D eigenvalue weighted by Gasteiger charge is -2.21. The van der Waals surface area contributed by atoms with Crippen LogP contribution in [0.5, 0.6) is 5.75 Å². The molecule has 0 aliphatic heterocycles. The van der Waals surface area contributed by atoms with Crippen LogP contribution in [0.2, 0.25) is 0 Å². The molecule has 0 saturated carbocycles. The molecule has 2 aromatic rings. The Labute approximate surface area is 120 Å². The highest BCUT2D eigenvalue weighted by Crippen LogP contribution is 2.18. The Morgan fingerprint density at radius 3 is 2.75 bits per heavy atom. The third-order valence-electron chi connectivity index (χ3n) is 2.83. The van der Waals surface area contributed by atoms with E-state index in [2.05, 4.69) is 42.2 Å². The van der Waals surface area contributed by atoms with Crippen molar-refractivity contribution in [3.05, 3.63) is 42.5 Å². The van der Waals surface area contributed by atoms with E-state index in [0.717, 1.165) is 12.3 Å². The topological polar surface area (TPSA) is 52.0 Å². The molecule has 5 nitrogen and oxygen atoms in total. The van der Waals surface area contributed by atoms with Crippen molar-refractivity contribution in [3.8, 4) is 5.75 Å². The summed E-state index contributed by atoms with van der Waals surface area (Å²) < 4.78 is 7.61. The molecular weight excluding hydrogens is 252 g/mol. The maximum absolute atomic E-state index is 5.85. The van der Waals surface area contributed by atoms with E-state index in [1.165, 1.54) is 11.9 Å². The summed E-state index contributed by atoms with van der Waals surface area (Å²) in [7, 11) is 0. The van der Waals surface area contributed by atoms with Crippen molar-refractivity contribution < 1.29 is 4.74 Å². The van der Waals surface area contributed by atoms with Crippen molar-refractivity contribution in [2.75, 3.05) is 6.61 Å². The van der Waals surface area contributed by atoms with Crippen LogP contribution in [-0.4, -0.2) is 26.9 Å². The average molecular weight is 274 g/mol. The second kappa shape index (κ2) is 6.52. The molecule has 0 aliphatic carbocycles. The van der Waals surface area contributed by atoms with Crippen molar-refractivity contribution in [1.82, 2.24) is 20.1 Å². The second-order valence-electron chi connectivity index (χ2n) is 5.72. The van der Waals surface area contributed by atoms with Gasteiger partial charge in [-0.05, 0) is 26.8 Å². The van der Waals surface area contributed by atoms with Crippen LogP contribution >= 0.6 is 0 Å². The standard InChI is InChI=1S/C15H22N4O/c1-15(2,3)17-10-13-6-4-5-7-14(13)20-9-8-19-12-16-11-18-19/h4-7,11-12,17H,8-10H2,1-3H3. The van der Waals surface area contributed by atoms with Crippen LogP contribution in [0.15, 0.2) is 36.9 Å². The number of benzene rings is 1. The molecule has 0 spiro atoms. The van der Waals surface area contributed by atoms with Crippen LogP contribution < -0.4 is 10.1 Å². The molecule has 0 radical (unpaired) electrons. The van der Waals surface area contributed by atoms with Gasteiger partial charge < -0.3 is 10.1 Å². The number of aromatic nitrogens is 3. The lowest BCUT2D eigenvalue weighted by Crippen LogP contribution is -2.35. The van der Waals surface area contributed by atoms with Gasteiger partial charge in [0.25, 0.3) is 0 Å². The Bertz CT molecular complexity index is 517. The van der Waals surface area contributed by atoms with Crippen molar-refractivity contribution in [1.29, 1.82) is 0 Å². The maximum atomic E-state index is 5.85. The highest BCUT2D eigenvalue weighted by atomic mass is 16.5. The molecule has 1 heterocycles. The average Bonchev–Trinajstić information content (AvgIpc) is 2.90. The zero-order chi connectivity index (χ0) is 14.4. The number of hydrogen-bond donors (Lipinski definition) is 1. The third kappa shape index (κ3) is 4.66. The molecule has 108 valence electrons. The summed E-state index contributed by atoms with van der Waals surface area (Å²) in [5, 5.41) is 7.53. The Kier molecular flexibility index (Phi) is 4.74. The van der Waals surface area contributed by atoms with Crippen molar-refractivity contribution in [2.45, 2.75) is 39.4 Å². The highest BCUT2D eigenvalue weighted by molar-refractivity contribution is 5.33. The minimum atomic E-state index is 0.0911. The molecule has 0 atom stereocenters. The Hall–Kier alpha value is -1.88. The van der Waals surface area contributed by atoms with Gasteiger partial charge in [-0.3, -0.25) is 0 Å². The van der Waals surface area contributed by atoms with Gasteiger partial charge in [-0.15, -0.1) is 0 Å². The van der Waals surface area contributed by atoms with Crippen molar-refractivity contribution in [2.24, 2.45) is 0 Å². The molecule has 5 heteroatoms. The van der Waals surface area contributed by atoms with Gasteiger partial charge in [0, 0.05) is 17.6 Å². The van der Waals surface area contributed by atoms with Gasteiger partial charge in [0.1, 0.15) is 25.0 Å². The van der Waals surface area contributed by atoms with Gasteiger partial charge in [-0.2, -0.15) is 5.10 Å². The summed E-state index contributed by atoms with van der Waals surface area (Å²) in [5.74, 6) is 0.921.